The molecule has 0 aliphatic heterocycles. The van der Waals surface area contributed by atoms with Gasteiger partial charge in [-0.1, -0.05) is 48.5 Å². The Morgan fingerprint density at radius 3 is 2.48 bits per heavy atom. The van der Waals surface area contributed by atoms with Gasteiger partial charge in [-0.2, -0.15) is 11.8 Å². The van der Waals surface area contributed by atoms with Crippen LogP contribution in [0.1, 0.15) is 17.5 Å². The number of aromatic nitrogens is 1. The van der Waals surface area contributed by atoms with Gasteiger partial charge in [0, 0.05) is 23.5 Å². The maximum atomic E-state index is 12.9. The van der Waals surface area contributed by atoms with Crippen LogP contribution in [0.4, 0.5) is 4.79 Å². The van der Waals surface area contributed by atoms with Crippen molar-refractivity contribution in [2.45, 2.75) is 31.5 Å². The fourth-order valence-corrected chi connectivity index (χ4v) is 3.88. The molecule has 0 saturated carbocycles. The third-order valence-electron chi connectivity index (χ3n) is 5.15. The van der Waals surface area contributed by atoms with Gasteiger partial charge in [0.1, 0.15) is 18.7 Å². The molecule has 2 amide bonds. The first-order chi connectivity index (χ1) is 16.0. The average Bonchev–Trinajstić information content (AvgIpc) is 3.23. The van der Waals surface area contributed by atoms with Gasteiger partial charge >= 0.3 is 12.1 Å². The number of ether oxygens (including phenoxy) is 1. The summed E-state index contributed by atoms with van der Waals surface area (Å²) in [5, 5.41) is 15.7. The molecule has 174 valence electrons. The molecule has 0 aliphatic rings. The highest BCUT2D eigenvalue weighted by atomic mass is 32.2. The van der Waals surface area contributed by atoms with Crippen molar-refractivity contribution >= 4 is 40.6 Å². The zero-order chi connectivity index (χ0) is 23.6. The molecule has 2 aromatic carbocycles. The number of hydrogen-bond acceptors (Lipinski definition) is 5. The topological polar surface area (TPSA) is 121 Å². The highest BCUT2D eigenvalue weighted by molar-refractivity contribution is 7.98. The molecule has 0 radical (unpaired) electrons. The maximum absolute atomic E-state index is 12.9. The molecule has 0 aliphatic carbocycles. The predicted molar refractivity (Wildman–Crippen MR) is 128 cm³/mol. The lowest BCUT2D eigenvalue weighted by molar-refractivity contribution is -0.142. The molecule has 2 atom stereocenters. The first kappa shape index (κ1) is 24.2. The highest BCUT2D eigenvalue weighted by Gasteiger charge is 2.27. The van der Waals surface area contributed by atoms with E-state index in [0.29, 0.717) is 12.2 Å². The van der Waals surface area contributed by atoms with Crippen LogP contribution in [0, 0.1) is 0 Å². The van der Waals surface area contributed by atoms with Crippen molar-refractivity contribution in [3.8, 4) is 0 Å². The molecule has 33 heavy (non-hydrogen) atoms. The summed E-state index contributed by atoms with van der Waals surface area (Å²) in [4.78, 5) is 40.2. The highest BCUT2D eigenvalue weighted by Crippen LogP contribution is 2.19. The van der Waals surface area contributed by atoms with E-state index < -0.39 is 30.1 Å². The smallest absolute Gasteiger partial charge is 0.408 e. The number of H-pyrrole nitrogens is 1. The molecule has 8 nitrogen and oxygen atoms in total. The van der Waals surface area contributed by atoms with Crippen molar-refractivity contribution in [3.05, 3.63) is 71.9 Å². The molecular formula is C24H27N3O5S. The Labute approximate surface area is 196 Å². The number of amides is 2. The van der Waals surface area contributed by atoms with Crippen LogP contribution in [0.3, 0.4) is 0 Å². The minimum atomic E-state index is -1.15. The van der Waals surface area contributed by atoms with Crippen molar-refractivity contribution in [2.75, 3.05) is 12.0 Å². The van der Waals surface area contributed by atoms with Crippen LogP contribution in [0.5, 0.6) is 0 Å². The summed E-state index contributed by atoms with van der Waals surface area (Å²) >= 11 is 1.52. The number of thioether (sulfide) groups is 1. The quantitative estimate of drug-likeness (QED) is 0.342. The monoisotopic (exact) mass is 469 g/mol. The molecule has 4 N–H and O–H groups in total. The summed E-state index contributed by atoms with van der Waals surface area (Å²) in [7, 11) is 0. The minimum absolute atomic E-state index is 0.0713. The molecule has 0 saturated heterocycles. The lowest BCUT2D eigenvalue weighted by Gasteiger charge is -2.21. The number of aromatic amines is 1. The van der Waals surface area contributed by atoms with Crippen LogP contribution in [0.2, 0.25) is 0 Å². The van der Waals surface area contributed by atoms with E-state index >= 15 is 0 Å². The number of benzene rings is 2. The van der Waals surface area contributed by atoms with Gasteiger partial charge in [0.2, 0.25) is 5.91 Å². The van der Waals surface area contributed by atoms with Crippen molar-refractivity contribution in [1.29, 1.82) is 0 Å². The number of fused-ring (bicyclic) bond motifs is 1. The number of hydrogen-bond donors (Lipinski definition) is 4. The summed E-state index contributed by atoms with van der Waals surface area (Å²) in [6, 6.07) is 14.7. The van der Waals surface area contributed by atoms with Crippen LogP contribution in [-0.4, -0.2) is 52.2 Å². The maximum Gasteiger partial charge on any atom is 0.408 e. The Hall–Kier alpha value is -3.46. The summed E-state index contributed by atoms with van der Waals surface area (Å²) in [6.45, 7) is 0.0713. The summed E-state index contributed by atoms with van der Waals surface area (Å²) < 4.78 is 5.22. The van der Waals surface area contributed by atoms with Crippen molar-refractivity contribution in [1.82, 2.24) is 15.6 Å². The lowest BCUT2D eigenvalue weighted by Crippen LogP contribution is -2.52. The molecule has 0 spiro atoms. The van der Waals surface area contributed by atoms with E-state index in [0.717, 1.165) is 22.0 Å². The lowest BCUT2D eigenvalue weighted by atomic mass is 10.0. The van der Waals surface area contributed by atoms with Gasteiger partial charge < -0.3 is 25.5 Å². The number of nitrogens with one attached hydrogen (secondary N) is 3. The van der Waals surface area contributed by atoms with E-state index in [1.807, 2.05) is 60.9 Å². The van der Waals surface area contributed by atoms with Gasteiger partial charge in [0.15, 0.2) is 0 Å². The van der Waals surface area contributed by atoms with Crippen LogP contribution in [0.15, 0.2) is 60.8 Å². The van der Waals surface area contributed by atoms with E-state index in [9.17, 15) is 19.5 Å². The van der Waals surface area contributed by atoms with E-state index in [1.165, 1.54) is 11.8 Å². The molecule has 3 aromatic rings. The summed E-state index contributed by atoms with van der Waals surface area (Å²) in [5.74, 6) is -1.10. The predicted octanol–water partition coefficient (Wildman–Crippen LogP) is 3.33. The van der Waals surface area contributed by atoms with Gasteiger partial charge in [-0.15, -0.1) is 0 Å². The number of carboxylic acid groups (broad SMARTS) is 1. The molecular weight excluding hydrogens is 442 g/mol. The van der Waals surface area contributed by atoms with Gasteiger partial charge in [0.25, 0.3) is 0 Å². The molecule has 1 heterocycles. The third-order valence-corrected chi connectivity index (χ3v) is 5.79. The fourth-order valence-electron chi connectivity index (χ4n) is 3.40. The Bertz CT molecular complexity index is 1090. The Balaban J connectivity index is 1.63. The number of rotatable bonds is 11. The van der Waals surface area contributed by atoms with Crippen molar-refractivity contribution in [3.63, 3.8) is 0 Å². The minimum Gasteiger partial charge on any atom is -0.480 e. The fraction of sp³-hybridized carbons (Fsp3) is 0.292. The van der Waals surface area contributed by atoms with Crippen molar-refractivity contribution in [2.24, 2.45) is 0 Å². The average molecular weight is 470 g/mol. The first-order valence-electron chi connectivity index (χ1n) is 10.5. The molecule has 0 fully saturated rings. The number of carboxylic acids is 1. The summed E-state index contributed by atoms with van der Waals surface area (Å²) in [6.07, 6.45) is 3.35. The summed E-state index contributed by atoms with van der Waals surface area (Å²) in [5.41, 5.74) is 2.50. The molecule has 0 unspecified atom stereocenters. The van der Waals surface area contributed by atoms with Crippen LogP contribution >= 0.6 is 11.8 Å². The van der Waals surface area contributed by atoms with E-state index in [-0.39, 0.29) is 13.0 Å². The second-order valence-electron chi connectivity index (χ2n) is 7.50. The first-order valence-corrected chi connectivity index (χ1v) is 11.9. The standard InChI is InChI=1S/C24H27N3O5S/c1-33-12-11-20(27-24(31)32-15-16-7-3-2-4-8-16)22(28)26-21(23(29)30)13-17-14-25-19-10-6-5-9-18(17)19/h2-10,14,20-21,25H,11-13,15H2,1H3,(H,26,28)(H,27,31)(H,29,30)/t20-,21+/m1/s1. The molecule has 3 rings (SSSR count). The zero-order valence-electron chi connectivity index (χ0n) is 18.2. The second kappa shape index (κ2) is 12.0. The number of carbonyl (C=O) groups is 3. The molecule has 0 bridgehead atoms. The largest absolute Gasteiger partial charge is 0.480 e. The Morgan fingerprint density at radius 2 is 1.76 bits per heavy atom. The van der Waals surface area contributed by atoms with Crippen molar-refractivity contribution < 1.29 is 24.2 Å². The Kier molecular flexibility index (Phi) is 8.77. The molecule has 9 heteroatoms. The van der Waals surface area contributed by atoms with E-state index in [2.05, 4.69) is 15.6 Å². The van der Waals surface area contributed by atoms with E-state index in [4.69, 9.17) is 4.74 Å². The van der Waals surface area contributed by atoms with Crippen LogP contribution in [0.25, 0.3) is 10.9 Å². The van der Waals surface area contributed by atoms with Crippen LogP contribution < -0.4 is 10.6 Å². The normalized spacial score (nSPS) is 12.6. The zero-order valence-corrected chi connectivity index (χ0v) is 19.1. The van der Waals surface area contributed by atoms with Crippen LogP contribution in [-0.2, 0) is 27.4 Å². The number of aliphatic carboxylic acids is 1. The molecule has 1 aromatic heterocycles. The Morgan fingerprint density at radius 1 is 1.03 bits per heavy atom. The second-order valence-corrected chi connectivity index (χ2v) is 8.49. The van der Waals surface area contributed by atoms with Gasteiger partial charge in [0.05, 0.1) is 0 Å². The number of para-hydroxylation sites is 1. The van der Waals surface area contributed by atoms with Gasteiger partial charge in [-0.25, -0.2) is 9.59 Å². The number of carbonyl (C=O) groups excluding carboxylic acids is 2. The van der Waals surface area contributed by atoms with Gasteiger partial charge in [-0.05, 0) is 35.6 Å². The SMILES string of the molecule is CSCC[C@@H](NC(=O)OCc1ccccc1)C(=O)N[C@@H](Cc1c[nH]c2ccccc12)C(=O)O. The van der Waals surface area contributed by atoms with Gasteiger partial charge in [-0.3, -0.25) is 4.79 Å². The van der Waals surface area contributed by atoms with E-state index in [1.54, 1.807) is 6.20 Å². The third kappa shape index (κ3) is 7.01. The number of alkyl carbamates (subject to hydrolysis) is 1.